The van der Waals surface area contributed by atoms with E-state index in [1.165, 1.54) is 12.1 Å². The highest BCUT2D eigenvalue weighted by atomic mass is 79.9. The number of hydrogen-bond acceptors (Lipinski definition) is 2. The fourth-order valence-electron chi connectivity index (χ4n) is 1.65. The third kappa shape index (κ3) is 5.59. The van der Waals surface area contributed by atoms with Crippen LogP contribution in [0.3, 0.4) is 0 Å². The molecule has 0 radical (unpaired) electrons. The Kier molecular flexibility index (Phi) is 5.35. The molecular formula is C14H19BrFNO2. The van der Waals surface area contributed by atoms with Crippen LogP contribution in [0.1, 0.15) is 45.7 Å². The molecule has 0 bridgehead atoms. The number of halogens is 2. The minimum absolute atomic E-state index is 0.276. The van der Waals surface area contributed by atoms with Crippen LogP contribution in [0.25, 0.3) is 0 Å². The van der Waals surface area contributed by atoms with E-state index in [0.29, 0.717) is 16.5 Å². The summed E-state index contributed by atoms with van der Waals surface area (Å²) in [6, 6.07) is 4.30. The van der Waals surface area contributed by atoms with Crippen molar-refractivity contribution in [3.63, 3.8) is 0 Å². The van der Waals surface area contributed by atoms with E-state index in [9.17, 15) is 9.18 Å². The number of nitrogens with one attached hydrogen (secondary N) is 1. The molecule has 1 atom stereocenters. The second kappa shape index (κ2) is 6.37. The molecule has 0 aliphatic rings. The van der Waals surface area contributed by atoms with Gasteiger partial charge in [0.1, 0.15) is 11.4 Å². The lowest BCUT2D eigenvalue weighted by molar-refractivity contribution is 0.0502. The summed E-state index contributed by atoms with van der Waals surface area (Å²) in [5, 5.41) is 2.75. The zero-order valence-corrected chi connectivity index (χ0v) is 13.2. The summed E-state index contributed by atoms with van der Waals surface area (Å²) in [5.41, 5.74) is 0.158. The van der Waals surface area contributed by atoms with Crippen LogP contribution in [0.2, 0.25) is 0 Å². The van der Waals surface area contributed by atoms with Gasteiger partial charge in [0.05, 0.1) is 6.04 Å². The van der Waals surface area contributed by atoms with Crippen LogP contribution in [-0.2, 0) is 4.74 Å². The van der Waals surface area contributed by atoms with Gasteiger partial charge in [-0.05, 0) is 51.0 Å². The highest BCUT2D eigenvalue weighted by molar-refractivity contribution is 9.10. The van der Waals surface area contributed by atoms with Gasteiger partial charge in [-0.25, -0.2) is 9.18 Å². The molecule has 0 aromatic heterocycles. The van der Waals surface area contributed by atoms with Crippen molar-refractivity contribution in [1.82, 2.24) is 5.32 Å². The van der Waals surface area contributed by atoms with Crippen molar-refractivity contribution in [3.05, 3.63) is 34.1 Å². The predicted molar refractivity (Wildman–Crippen MR) is 76.5 cm³/mol. The molecule has 0 aliphatic heterocycles. The number of carbonyl (C=O) groups is 1. The van der Waals surface area contributed by atoms with Gasteiger partial charge in [-0.15, -0.1) is 0 Å². The monoisotopic (exact) mass is 331 g/mol. The van der Waals surface area contributed by atoms with E-state index in [4.69, 9.17) is 4.74 Å². The van der Waals surface area contributed by atoms with Crippen molar-refractivity contribution < 1.29 is 13.9 Å². The maximum atomic E-state index is 13.4. The Morgan fingerprint density at radius 1 is 1.42 bits per heavy atom. The Labute approximate surface area is 121 Å². The second-order valence-electron chi connectivity index (χ2n) is 5.31. The Morgan fingerprint density at radius 3 is 2.53 bits per heavy atom. The van der Waals surface area contributed by atoms with E-state index >= 15 is 0 Å². The summed E-state index contributed by atoms with van der Waals surface area (Å²) in [6.45, 7) is 7.31. The molecule has 1 rings (SSSR count). The first-order chi connectivity index (χ1) is 8.71. The zero-order valence-electron chi connectivity index (χ0n) is 11.6. The van der Waals surface area contributed by atoms with Gasteiger partial charge < -0.3 is 10.1 Å². The van der Waals surface area contributed by atoms with Gasteiger partial charge in [-0.1, -0.05) is 22.9 Å². The maximum Gasteiger partial charge on any atom is 0.408 e. The number of amides is 1. The van der Waals surface area contributed by atoms with Crippen LogP contribution in [-0.4, -0.2) is 11.7 Å². The minimum Gasteiger partial charge on any atom is -0.444 e. The number of benzene rings is 1. The lowest BCUT2D eigenvalue weighted by Gasteiger charge is -2.23. The molecule has 0 heterocycles. The number of alkyl carbamates (subject to hydrolysis) is 1. The molecule has 5 heteroatoms. The van der Waals surface area contributed by atoms with E-state index < -0.39 is 11.7 Å². The van der Waals surface area contributed by atoms with Crippen LogP contribution < -0.4 is 5.32 Å². The third-order valence-electron chi connectivity index (χ3n) is 2.39. The largest absolute Gasteiger partial charge is 0.444 e. The fraction of sp³-hybridized carbons (Fsp3) is 0.500. The average molecular weight is 332 g/mol. The molecule has 0 aliphatic carbocycles. The summed E-state index contributed by atoms with van der Waals surface area (Å²) in [4.78, 5) is 11.7. The SMILES string of the molecule is CCC(NC(=O)OC(C)(C)C)c1cc(F)cc(Br)c1. The molecule has 1 aromatic carbocycles. The molecule has 19 heavy (non-hydrogen) atoms. The van der Waals surface area contributed by atoms with Crippen molar-refractivity contribution >= 4 is 22.0 Å². The van der Waals surface area contributed by atoms with Gasteiger partial charge in [0.15, 0.2) is 0 Å². The molecular weight excluding hydrogens is 313 g/mol. The van der Waals surface area contributed by atoms with E-state index in [1.807, 2.05) is 6.92 Å². The number of hydrogen-bond donors (Lipinski definition) is 1. The minimum atomic E-state index is -0.551. The van der Waals surface area contributed by atoms with Crippen LogP contribution in [0.5, 0.6) is 0 Å². The summed E-state index contributed by atoms with van der Waals surface area (Å²) in [5.74, 6) is -0.339. The quantitative estimate of drug-likeness (QED) is 0.881. The highest BCUT2D eigenvalue weighted by Gasteiger charge is 2.20. The van der Waals surface area contributed by atoms with Crippen molar-refractivity contribution in [2.24, 2.45) is 0 Å². The smallest absolute Gasteiger partial charge is 0.408 e. The van der Waals surface area contributed by atoms with Crippen LogP contribution in [0, 0.1) is 5.82 Å². The molecule has 106 valence electrons. The maximum absolute atomic E-state index is 13.4. The third-order valence-corrected chi connectivity index (χ3v) is 2.84. The molecule has 1 amide bonds. The molecule has 0 saturated heterocycles. The first-order valence-electron chi connectivity index (χ1n) is 6.17. The predicted octanol–water partition coefficient (Wildman–Crippen LogP) is 4.56. The van der Waals surface area contributed by atoms with Crippen LogP contribution in [0.4, 0.5) is 9.18 Å². The van der Waals surface area contributed by atoms with Crippen molar-refractivity contribution in [1.29, 1.82) is 0 Å². The number of carbonyl (C=O) groups excluding carboxylic acids is 1. The van der Waals surface area contributed by atoms with Gasteiger partial charge >= 0.3 is 6.09 Å². The topological polar surface area (TPSA) is 38.3 Å². The van der Waals surface area contributed by atoms with Gasteiger partial charge in [0.2, 0.25) is 0 Å². The standard InChI is InChI=1S/C14H19BrFNO2/c1-5-12(17-13(18)19-14(2,3)4)9-6-10(15)8-11(16)7-9/h6-8,12H,5H2,1-4H3,(H,17,18). The molecule has 0 fully saturated rings. The van der Waals surface area contributed by atoms with Crippen LogP contribution in [0.15, 0.2) is 22.7 Å². The molecule has 0 spiro atoms. The van der Waals surface area contributed by atoms with Gasteiger partial charge in [0.25, 0.3) is 0 Å². The van der Waals surface area contributed by atoms with E-state index in [1.54, 1.807) is 26.8 Å². The Morgan fingerprint density at radius 2 is 2.05 bits per heavy atom. The first kappa shape index (κ1) is 16.0. The number of rotatable bonds is 3. The Balaban J connectivity index is 2.81. The fourth-order valence-corrected chi connectivity index (χ4v) is 2.13. The normalized spacial score (nSPS) is 12.9. The molecule has 1 unspecified atom stereocenters. The first-order valence-corrected chi connectivity index (χ1v) is 6.96. The highest BCUT2D eigenvalue weighted by Crippen LogP contribution is 2.23. The van der Waals surface area contributed by atoms with Crippen molar-refractivity contribution in [2.75, 3.05) is 0 Å². The summed E-state index contributed by atoms with van der Waals surface area (Å²) in [7, 11) is 0. The Hall–Kier alpha value is -1.10. The van der Waals surface area contributed by atoms with Gasteiger partial charge in [-0.2, -0.15) is 0 Å². The lowest BCUT2D eigenvalue weighted by Crippen LogP contribution is -2.34. The number of ether oxygens (including phenoxy) is 1. The lowest BCUT2D eigenvalue weighted by atomic mass is 10.0. The summed E-state index contributed by atoms with van der Waals surface area (Å²) < 4.78 is 19.2. The summed E-state index contributed by atoms with van der Waals surface area (Å²) in [6.07, 6.45) is 0.148. The zero-order chi connectivity index (χ0) is 14.6. The van der Waals surface area contributed by atoms with Crippen molar-refractivity contribution in [2.45, 2.75) is 45.8 Å². The van der Waals surface area contributed by atoms with Gasteiger partial charge in [-0.3, -0.25) is 0 Å². The molecule has 1 N–H and O–H groups in total. The van der Waals surface area contributed by atoms with Crippen LogP contribution >= 0.6 is 15.9 Å². The summed E-state index contributed by atoms with van der Waals surface area (Å²) >= 11 is 3.24. The van der Waals surface area contributed by atoms with Gasteiger partial charge in [0, 0.05) is 4.47 Å². The molecule has 3 nitrogen and oxygen atoms in total. The van der Waals surface area contributed by atoms with E-state index in [-0.39, 0.29) is 11.9 Å². The van der Waals surface area contributed by atoms with E-state index in [2.05, 4.69) is 21.2 Å². The Bertz CT molecular complexity index is 437. The van der Waals surface area contributed by atoms with E-state index in [0.717, 1.165) is 0 Å². The molecule has 0 saturated carbocycles. The molecule has 1 aromatic rings. The van der Waals surface area contributed by atoms with Crippen molar-refractivity contribution in [3.8, 4) is 0 Å². The average Bonchev–Trinajstić information content (AvgIpc) is 2.21. The second-order valence-corrected chi connectivity index (χ2v) is 6.23.